The Bertz CT molecular complexity index is 1240. The Morgan fingerprint density at radius 2 is 2.15 bits per heavy atom. The first-order chi connectivity index (χ1) is 16.5. The molecule has 8 heteroatoms. The maximum absolute atomic E-state index is 9.59. The lowest BCUT2D eigenvalue weighted by Gasteiger charge is -2.51. The Balaban J connectivity index is 1.41. The predicted molar refractivity (Wildman–Crippen MR) is 131 cm³/mol. The van der Waals surface area contributed by atoms with Crippen LogP contribution in [0.3, 0.4) is 0 Å². The molecule has 8 nitrogen and oxygen atoms in total. The minimum Gasteiger partial charge on any atom is -0.482 e. The third kappa shape index (κ3) is 4.19. The van der Waals surface area contributed by atoms with E-state index in [1.807, 2.05) is 44.3 Å². The molecule has 0 bridgehead atoms. The normalized spacial score (nSPS) is 19.2. The van der Waals surface area contributed by atoms with E-state index in [1.54, 1.807) is 16.9 Å². The molecule has 0 radical (unpaired) electrons. The van der Waals surface area contributed by atoms with Crippen molar-refractivity contribution in [2.24, 2.45) is 11.1 Å². The molecular weight excluding hydrogens is 426 g/mol. The van der Waals surface area contributed by atoms with Crippen molar-refractivity contribution >= 4 is 11.2 Å². The van der Waals surface area contributed by atoms with Crippen molar-refractivity contribution in [2.45, 2.75) is 51.7 Å². The Morgan fingerprint density at radius 3 is 2.85 bits per heavy atom. The standard InChI is InChI=1S/C26H31N7O/c1-17(32-21-12-26(13-21)6-9-29-10-7-26)24(28)19-11-23(25-20(14-27)15-31-33(25)16-19)34-18(2)22-5-3-4-8-30-22/h3-5,8,11,15-16,18,21,29,32H,6-7,9-10,12-13,28H2,1-2H3/b24-17-. The molecule has 2 fully saturated rings. The average molecular weight is 458 g/mol. The highest BCUT2D eigenvalue weighted by Crippen LogP contribution is 2.48. The number of hydrogen-bond donors (Lipinski definition) is 3. The van der Waals surface area contributed by atoms with E-state index in [1.165, 1.54) is 25.7 Å². The van der Waals surface area contributed by atoms with Crippen molar-refractivity contribution in [2.75, 3.05) is 13.1 Å². The van der Waals surface area contributed by atoms with Gasteiger partial charge in [-0.2, -0.15) is 10.4 Å². The molecule has 1 spiro atoms. The Hall–Kier alpha value is -3.57. The number of piperidine rings is 1. The number of fused-ring (bicyclic) bond motifs is 1. The smallest absolute Gasteiger partial charge is 0.148 e. The highest BCUT2D eigenvalue weighted by molar-refractivity contribution is 5.74. The summed E-state index contributed by atoms with van der Waals surface area (Å²) in [5.74, 6) is 0.553. The summed E-state index contributed by atoms with van der Waals surface area (Å²) in [6, 6.07) is 10.3. The number of aromatic nitrogens is 3. The minimum atomic E-state index is -0.303. The van der Waals surface area contributed by atoms with Crippen molar-refractivity contribution in [3.05, 3.63) is 65.4 Å². The van der Waals surface area contributed by atoms with E-state index in [9.17, 15) is 5.26 Å². The van der Waals surface area contributed by atoms with Crippen molar-refractivity contribution in [1.82, 2.24) is 25.2 Å². The summed E-state index contributed by atoms with van der Waals surface area (Å²) in [7, 11) is 0. The zero-order valence-corrected chi connectivity index (χ0v) is 19.7. The summed E-state index contributed by atoms with van der Waals surface area (Å²) in [4.78, 5) is 4.39. The quantitative estimate of drug-likeness (QED) is 0.519. The number of pyridine rings is 2. The molecule has 3 aromatic heterocycles. The van der Waals surface area contributed by atoms with Gasteiger partial charge in [0.1, 0.15) is 29.0 Å². The van der Waals surface area contributed by atoms with Gasteiger partial charge in [-0.05, 0) is 76.2 Å². The summed E-state index contributed by atoms with van der Waals surface area (Å²) >= 11 is 0. The molecule has 1 atom stereocenters. The lowest BCUT2D eigenvalue weighted by molar-refractivity contribution is 0.0506. The van der Waals surface area contributed by atoms with Crippen LogP contribution in [0, 0.1) is 16.7 Å². The summed E-state index contributed by atoms with van der Waals surface area (Å²) < 4.78 is 7.96. The number of nitrogens with zero attached hydrogens (tertiary/aromatic N) is 4. The molecule has 4 N–H and O–H groups in total. The summed E-state index contributed by atoms with van der Waals surface area (Å²) in [5.41, 5.74) is 11.4. The summed E-state index contributed by atoms with van der Waals surface area (Å²) in [6.07, 6.45) is 9.75. The number of ether oxygens (including phenoxy) is 1. The van der Waals surface area contributed by atoms with Gasteiger partial charge < -0.3 is 21.1 Å². The van der Waals surface area contributed by atoms with E-state index in [2.05, 4.69) is 26.8 Å². The summed E-state index contributed by atoms with van der Waals surface area (Å²) in [6.45, 7) is 6.21. The first-order valence-electron chi connectivity index (χ1n) is 11.9. The largest absolute Gasteiger partial charge is 0.482 e. The molecule has 5 rings (SSSR count). The average Bonchev–Trinajstić information content (AvgIpc) is 3.27. The molecule has 0 aromatic carbocycles. The number of hydrogen-bond acceptors (Lipinski definition) is 7. The van der Waals surface area contributed by atoms with Crippen LogP contribution in [0.1, 0.15) is 62.5 Å². The van der Waals surface area contributed by atoms with Gasteiger partial charge in [0.05, 0.1) is 17.6 Å². The van der Waals surface area contributed by atoms with Gasteiger partial charge in [0.2, 0.25) is 0 Å². The zero-order valence-electron chi connectivity index (χ0n) is 19.7. The van der Waals surface area contributed by atoms with Gasteiger partial charge in [-0.3, -0.25) is 4.98 Å². The van der Waals surface area contributed by atoms with Gasteiger partial charge in [0, 0.05) is 29.7 Å². The minimum absolute atomic E-state index is 0.303. The van der Waals surface area contributed by atoms with Crippen LogP contribution in [0.25, 0.3) is 11.2 Å². The van der Waals surface area contributed by atoms with E-state index in [0.717, 1.165) is 30.0 Å². The van der Waals surface area contributed by atoms with Gasteiger partial charge in [-0.1, -0.05) is 6.07 Å². The molecule has 2 aliphatic rings. The lowest BCUT2D eigenvalue weighted by atomic mass is 9.60. The van der Waals surface area contributed by atoms with E-state index < -0.39 is 0 Å². The van der Waals surface area contributed by atoms with Crippen LogP contribution in [0.4, 0.5) is 0 Å². The number of nitrogens with one attached hydrogen (secondary N) is 2. The van der Waals surface area contributed by atoms with Crippen LogP contribution < -0.4 is 21.1 Å². The van der Waals surface area contributed by atoms with E-state index in [4.69, 9.17) is 10.5 Å². The van der Waals surface area contributed by atoms with Crippen LogP contribution in [0.2, 0.25) is 0 Å². The monoisotopic (exact) mass is 457 g/mol. The second kappa shape index (κ2) is 8.99. The van der Waals surface area contributed by atoms with Crippen molar-refractivity contribution < 1.29 is 4.74 Å². The number of allylic oxidation sites excluding steroid dienone is 1. The topological polar surface area (TPSA) is 113 Å². The Labute approximate surface area is 199 Å². The third-order valence-electron chi connectivity index (χ3n) is 7.26. The molecular formula is C26H31N7O. The molecule has 34 heavy (non-hydrogen) atoms. The molecule has 1 saturated carbocycles. The van der Waals surface area contributed by atoms with Crippen LogP contribution in [-0.2, 0) is 0 Å². The van der Waals surface area contributed by atoms with Crippen LogP contribution in [-0.4, -0.2) is 33.7 Å². The van der Waals surface area contributed by atoms with Crippen molar-refractivity contribution in [3.63, 3.8) is 0 Å². The number of nitriles is 1. The predicted octanol–water partition coefficient (Wildman–Crippen LogP) is 3.51. The third-order valence-corrected chi connectivity index (χ3v) is 7.26. The molecule has 1 unspecified atom stereocenters. The van der Waals surface area contributed by atoms with Gasteiger partial charge in [-0.25, -0.2) is 4.52 Å². The Kier molecular flexibility index (Phi) is 5.88. The highest BCUT2D eigenvalue weighted by atomic mass is 16.5. The van der Waals surface area contributed by atoms with Crippen molar-refractivity contribution in [3.8, 4) is 11.8 Å². The maximum Gasteiger partial charge on any atom is 0.148 e. The SMILES string of the molecule is C/C(NC1CC2(CCNCC2)C1)=C(/N)c1cc(OC(C)c2ccccn2)c2c(C#N)cnn2c1. The molecule has 176 valence electrons. The highest BCUT2D eigenvalue weighted by Gasteiger charge is 2.44. The van der Waals surface area contributed by atoms with Crippen LogP contribution in [0.15, 0.2) is 48.6 Å². The second-order valence-electron chi connectivity index (χ2n) is 9.61. The van der Waals surface area contributed by atoms with E-state index >= 15 is 0 Å². The molecule has 1 saturated heterocycles. The summed E-state index contributed by atoms with van der Waals surface area (Å²) in [5, 5.41) is 21.1. The molecule has 1 aliphatic carbocycles. The number of rotatable bonds is 6. The van der Waals surface area contributed by atoms with Crippen LogP contribution >= 0.6 is 0 Å². The second-order valence-corrected chi connectivity index (χ2v) is 9.61. The first-order valence-corrected chi connectivity index (χ1v) is 11.9. The van der Waals surface area contributed by atoms with Gasteiger partial charge in [-0.15, -0.1) is 0 Å². The first kappa shape index (κ1) is 22.2. The molecule has 3 aromatic rings. The van der Waals surface area contributed by atoms with E-state index in [0.29, 0.717) is 34.0 Å². The van der Waals surface area contributed by atoms with E-state index in [-0.39, 0.29) is 6.10 Å². The fourth-order valence-corrected chi connectivity index (χ4v) is 5.32. The lowest BCUT2D eigenvalue weighted by Crippen LogP contribution is -2.52. The molecule has 1 aliphatic heterocycles. The van der Waals surface area contributed by atoms with Gasteiger partial charge in [0.25, 0.3) is 0 Å². The Morgan fingerprint density at radius 1 is 1.35 bits per heavy atom. The van der Waals surface area contributed by atoms with Crippen LogP contribution in [0.5, 0.6) is 5.75 Å². The zero-order chi connectivity index (χ0) is 23.7. The molecule has 4 heterocycles. The van der Waals surface area contributed by atoms with Crippen molar-refractivity contribution in [1.29, 1.82) is 5.26 Å². The van der Waals surface area contributed by atoms with Gasteiger partial charge in [0.15, 0.2) is 0 Å². The fourth-order valence-electron chi connectivity index (χ4n) is 5.32. The maximum atomic E-state index is 9.59. The number of nitrogens with two attached hydrogens (primary N) is 1. The van der Waals surface area contributed by atoms with Gasteiger partial charge >= 0.3 is 0 Å². The fraction of sp³-hybridized carbons (Fsp3) is 0.423. The molecule has 0 amide bonds.